The number of nitrogens with one attached hydrogen (secondary N) is 2. The van der Waals surface area contributed by atoms with Crippen molar-refractivity contribution in [2.24, 2.45) is 0 Å². The predicted octanol–water partition coefficient (Wildman–Crippen LogP) is 3.86. The highest BCUT2D eigenvalue weighted by atomic mass is 32.2. The van der Waals surface area contributed by atoms with Crippen LogP contribution >= 0.6 is 0 Å². The Morgan fingerprint density at radius 1 is 1.03 bits per heavy atom. The molecule has 0 aliphatic carbocycles. The molecule has 8 heteroatoms. The van der Waals surface area contributed by atoms with Gasteiger partial charge in [-0.3, -0.25) is 9.52 Å². The molecule has 0 amide bonds. The van der Waals surface area contributed by atoms with Crippen molar-refractivity contribution < 1.29 is 13.2 Å². The molecule has 0 saturated carbocycles. The second kappa shape index (κ2) is 8.03. The molecule has 1 aliphatic rings. The predicted molar refractivity (Wildman–Crippen MR) is 123 cm³/mol. The topological polar surface area (TPSA) is 101 Å². The van der Waals surface area contributed by atoms with Crippen LogP contribution in [-0.4, -0.2) is 31.0 Å². The first-order chi connectivity index (χ1) is 14.7. The first-order valence-corrected chi connectivity index (χ1v) is 11.7. The van der Waals surface area contributed by atoms with E-state index in [1.54, 1.807) is 24.4 Å². The molecule has 2 unspecified atom stereocenters. The number of fused-ring (bicyclic) bond motifs is 1. The second-order valence-electron chi connectivity index (χ2n) is 7.73. The molecule has 4 rings (SSSR count). The Bertz CT molecular complexity index is 1310. The number of aromatic nitrogens is 2. The van der Waals surface area contributed by atoms with E-state index in [0.717, 1.165) is 34.3 Å². The van der Waals surface area contributed by atoms with E-state index in [1.165, 1.54) is 0 Å². The Hall–Kier alpha value is -3.39. The van der Waals surface area contributed by atoms with Gasteiger partial charge < -0.3 is 4.74 Å². The number of nitrogens with zero attached hydrogens (tertiary/aromatic N) is 1. The molecule has 0 bridgehead atoms. The van der Waals surface area contributed by atoms with Crippen LogP contribution in [0, 0.1) is 0 Å². The van der Waals surface area contributed by atoms with E-state index in [9.17, 15) is 13.2 Å². The van der Waals surface area contributed by atoms with Crippen molar-refractivity contribution in [1.29, 1.82) is 0 Å². The summed E-state index contributed by atoms with van der Waals surface area (Å²) in [6.45, 7) is 4.13. The molecule has 2 N–H and O–H groups in total. The minimum absolute atomic E-state index is 0.0174. The molecule has 0 saturated heterocycles. The maximum absolute atomic E-state index is 12.4. The van der Waals surface area contributed by atoms with Gasteiger partial charge in [-0.15, -0.1) is 0 Å². The average Bonchev–Trinajstić information content (AvgIpc) is 3.00. The van der Waals surface area contributed by atoms with Crippen LogP contribution < -0.4 is 15.0 Å². The fraction of sp³-hybridized carbons (Fsp3) is 0.217. The van der Waals surface area contributed by atoms with Crippen LogP contribution in [0.2, 0.25) is 0 Å². The van der Waals surface area contributed by atoms with Gasteiger partial charge >= 0.3 is 0 Å². The lowest BCUT2D eigenvalue weighted by Gasteiger charge is -2.10. The first kappa shape index (κ1) is 20.9. The summed E-state index contributed by atoms with van der Waals surface area (Å²) < 4.78 is 31.2. The lowest BCUT2D eigenvalue weighted by atomic mass is 9.92. The standard InChI is InChI=1S/C23H23N3O4S/c1-14-15(2)30-22-20(14)12-17(13-21(22)19-10-11-24-25-23(19)27)5-4-16-6-8-18(9-7-16)26-31(3,28)29/h4-15,26H,1-3H3,(H,25,27)/b5-4+. The third-order valence-electron chi connectivity index (χ3n) is 5.34. The second-order valence-corrected chi connectivity index (χ2v) is 9.48. The number of sulfonamides is 1. The summed E-state index contributed by atoms with van der Waals surface area (Å²) in [7, 11) is -3.31. The van der Waals surface area contributed by atoms with Gasteiger partial charge in [-0.25, -0.2) is 13.5 Å². The van der Waals surface area contributed by atoms with Crippen LogP contribution in [0.15, 0.2) is 53.5 Å². The summed E-state index contributed by atoms with van der Waals surface area (Å²) in [5, 5.41) is 6.27. The molecule has 2 heterocycles. The largest absolute Gasteiger partial charge is 0.489 e. The highest BCUT2D eigenvalue weighted by Gasteiger charge is 2.31. The van der Waals surface area contributed by atoms with Crippen molar-refractivity contribution in [3.63, 3.8) is 0 Å². The van der Waals surface area contributed by atoms with Crippen LogP contribution in [-0.2, 0) is 10.0 Å². The quantitative estimate of drug-likeness (QED) is 0.590. The first-order valence-electron chi connectivity index (χ1n) is 9.86. The number of hydrogen-bond acceptors (Lipinski definition) is 5. The number of aromatic amines is 1. The van der Waals surface area contributed by atoms with Gasteiger partial charge in [0.05, 0.1) is 11.8 Å². The third-order valence-corrected chi connectivity index (χ3v) is 5.94. The molecule has 2 aromatic carbocycles. The molecule has 160 valence electrons. The van der Waals surface area contributed by atoms with E-state index >= 15 is 0 Å². The van der Waals surface area contributed by atoms with Crippen molar-refractivity contribution in [3.8, 4) is 16.9 Å². The van der Waals surface area contributed by atoms with Crippen LogP contribution in [0.25, 0.3) is 23.3 Å². The number of benzene rings is 2. The Kier molecular flexibility index (Phi) is 5.41. The lowest BCUT2D eigenvalue weighted by molar-refractivity contribution is 0.233. The van der Waals surface area contributed by atoms with Gasteiger partial charge in [-0.2, -0.15) is 5.10 Å². The van der Waals surface area contributed by atoms with E-state index in [4.69, 9.17) is 4.74 Å². The molecule has 1 aliphatic heterocycles. The molecule has 0 spiro atoms. The van der Waals surface area contributed by atoms with E-state index in [2.05, 4.69) is 27.9 Å². The average molecular weight is 438 g/mol. The maximum atomic E-state index is 12.4. The summed E-state index contributed by atoms with van der Waals surface area (Å²) >= 11 is 0. The van der Waals surface area contributed by atoms with Gasteiger partial charge in [0, 0.05) is 28.9 Å². The van der Waals surface area contributed by atoms with Crippen molar-refractivity contribution in [2.45, 2.75) is 25.9 Å². The molecule has 3 aromatic rings. The third kappa shape index (κ3) is 4.54. The molecule has 1 aromatic heterocycles. The Morgan fingerprint density at radius 2 is 1.74 bits per heavy atom. The number of anilines is 1. The highest BCUT2D eigenvalue weighted by molar-refractivity contribution is 7.92. The molecular formula is C23H23N3O4S. The molecule has 31 heavy (non-hydrogen) atoms. The SMILES string of the molecule is CC1Oc2c(-c3ccn[nH]c3=O)cc(/C=C/c3ccc(NS(C)(=O)=O)cc3)cc2C1C. The van der Waals surface area contributed by atoms with Crippen molar-refractivity contribution in [3.05, 3.63) is 75.7 Å². The Morgan fingerprint density at radius 3 is 2.42 bits per heavy atom. The fourth-order valence-electron chi connectivity index (χ4n) is 3.61. The number of H-pyrrole nitrogens is 1. The number of ether oxygens (including phenoxy) is 1. The molecule has 2 atom stereocenters. The molecular weight excluding hydrogens is 414 g/mol. The lowest BCUT2D eigenvalue weighted by Crippen LogP contribution is -2.11. The van der Waals surface area contributed by atoms with Gasteiger partial charge in [-0.1, -0.05) is 31.2 Å². The summed E-state index contributed by atoms with van der Waals surface area (Å²) in [5.74, 6) is 0.939. The summed E-state index contributed by atoms with van der Waals surface area (Å²) in [6, 6.07) is 12.8. The summed E-state index contributed by atoms with van der Waals surface area (Å²) in [4.78, 5) is 12.4. The zero-order valence-corrected chi connectivity index (χ0v) is 18.2. The van der Waals surface area contributed by atoms with Gasteiger partial charge in [0.2, 0.25) is 10.0 Å². The van der Waals surface area contributed by atoms with E-state index in [-0.39, 0.29) is 17.6 Å². The molecule has 7 nitrogen and oxygen atoms in total. The van der Waals surface area contributed by atoms with E-state index in [0.29, 0.717) is 11.3 Å². The minimum atomic E-state index is -3.31. The fourth-order valence-corrected chi connectivity index (χ4v) is 4.17. The highest BCUT2D eigenvalue weighted by Crippen LogP contribution is 2.44. The summed E-state index contributed by atoms with van der Waals surface area (Å²) in [5.41, 5.74) is 4.41. The monoisotopic (exact) mass is 437 g/mol. The minimum Gasteiger partial charge on any atom is -0.489 e. The smallest absolute Gasteiger partial charge is 0.272 e. The van der Waals surface area contributed by atoms with Crippen molar-refractivity contribution in [2.75, 3.05) is 11.0 Å². The van der Waals surface area contributed by atoms with Crippen molar-refractivity contribution in [1.82, 2.24) is 10.2 Å². The van der Waals surface area contributed by atoms with Crippen LogP contribution in [0.4, 0.5) is 5.69 Å². The van der Waals surface area contributed by atoms with Gasteiger partial charge in [0.1, 0.15) is 11.9 Å². The number of rotatable bonds is 5. The molecule has 0 radical (unpaired) electrons. The number of hydrogen-bond donors (Lipinski definition) is 2. The van der Waals surface area contributed by atoms with Crippen molar-refractivity contribution >= 4 is 27.9 Å². The van der Waals surface area contributed by atoms with Crippen LogP contribution in [0.5, 0.6) is 5.75 Å². The molecule has 0 fully saturated rings. The Balaban J connectivity index is 1.70. The zero-order chi connectivity index (χ0) is 22.2. The van der Waals surface area contributed by atoms with Gasteiger partial charge in [0.25, 0.3) is 5.56 Å². The van der Waals surface area contributed by atoms with Crippen LogP contribution in [0.1, 0.15) is 36.5 Å². The maximum Gasteiger partial charge on any atom is 0.272 e. The van der Waals surface area contributed by atoms with Crippen LogP contribution in [0.3, 0.4) is 0 Å². The Labute approximate surface area is 180 Å². The van der Waals surface area contributed by atoms with Gasteiger partial charge in [0.15, 0.2) is 0 Å². The van der Waals surface area contributed by atoms with E-state index < -0.39 is 10.0 Å². The van der Waals surface area contributed by atoms with E-state index in [1.807, 2.05) is 37.3 Å². The zero-order valence-electron chi connectivity index (χ0n) is 17.4. The summed E-state index contributed by atoms with van der Waals surface area (Å²) in [6.07, 6.45) is 6.60. The normalized spacial score (nSPS) is 18.0. The van der Waals surface area contributed by atoms with Gasteiger partial charge in [-0.05, 0) is 48.4 Å².